The Labute approximate surface area is 277 Å². The standard InChI is InChI=1S/2C14H16FN3O4Se/c2*15-8-3-1-2-7(4-8)9-5-18(17-16-9)11-12(20)10(6-19)22-14(23)13(11)21/h2*1-5,10-14,19-21,23H,6H2/t2*10-,11+,12+,13-,14+/m11/s1. The molecule has 248 valence electrons. The summed E-state index contributed by atoms with van der Waals surface area (Å²) in [5.41, 5.74) is 1.90. The van der Waals surface area contributed by atoms with Crippen molar-refractivity contribution in [3.05, 3.63) is 72.6 Å². The number of hydrogen-bond donors (Lipinski definition) is 6. The van der Waals surface area contributed by atoms with Gasteiger partial charge < -0.3 is 0 Å². The first kappa shape index (κ1) is 34.6. The zero-order valence-corrected chi connectivity index (χ0v) is 27.5. The van der Waals surface area contributed by atoms with E-state index in [9.17, 15) is 39.4 Å². The minimum absolute atomic E-state index is 0.385. The van der Waals surface area contributed by atoms with Gasteiger partial charge in [0.25, 0.3) is 0 Å². The predicted octanol–water partition coefficient (Wildman–Crippen LogP) is -2.07. The summed E-state index contributed by atoms with van der Waals surface area (Å²) in [6, 6.07) is 10.1. The monoisotopic (exact) mass is 778 g/mol. The molecular formula is C28H32F2N6O8Se2. The molecule has 0 amide bonds. The zero-order valence-electron chi connectivity index (χ0n) is 23.8. The van der Waals surface area contributed by atoms with E-state index in [4.69, 9.17) is 9.47 Å². The zero-order chi connectivity index (χ0) is 33.1. The van der Waals surface area contributed by atoms with Gasteiger partial charge in [-0.3, -0.25) is 0 Å². The molecule has 4 heterocycles. The van der Waals surface area contributed by atoms with E-state index in [-0.39, 0.29) is 13.2 Å². The maximum absolute atomic E-state index is 13.3. The van der Waals surface area contributed by atoms with Crippen LogP contribution in [0.15, 0.2) is 60.9 Å². The first-order chi connectivity index (χ1) is 22.0. The summed E-state index contributed by atoms with van der Waals surface area (Å²) in [6.07, 6.45) is -3.03. The quantitative estimate of drug-likeness (QED) is 0.117. The van der Waals surface area contributed by atoms with E-state index < -0.39 is 70.3 Å². The third kappa shape index (κ3) is 7.38. The molecule has 0 bridgehead atoms. The van der Waals surface area contributed by atoms with Gasteiger partial charge in [-0.15, -0.1) is 0 Å². The van der Waals surface area contributed by atoms with Crippen LogP contribution in [0.5, 0.6) is 0 Å². The van der Waals surface area contributed by atoms with E-state index in [2.05, 4.69) is 52.6 Å². The van der Waals surface area contributed by atoms with Gasteiger partial charge in [-0.1, -0.05) is 0 Å². The van der Waals surface area contributed by atoms with Crippen molar-refractivity contribution in [2.75, 3.05) is 13.2 Å². The van der Waals surface area contributed by atoms with Gasteiger partial charge in [0.1, 0.15) is 0 Å². The van der Waals surface area contributed by atoms with Gasteiger partial charge in [0, 0.05) is 0 Å². The van der Waals surface area contributed by atoms with Crippen LogP contribution in [-0.2, 0) is 9.47 Å². The number of nitrogens with zero attached hydrogens (tertiary/aromatic N) is 6. The molecule has 18 heteroatoms. The van der Waals surface area contributed by atoms with Crippen LogP contribution in [0.4, 0.5) is 8.78 Å². The second kappa shape index (κ2) is 15.0. The van der Waals surface area contributed by atoms with Gasteiger partial charge in [-0.05, 0) is 0 Å². The third-order valence-electron chi connectivity index (χ3n) is 7.61. The maximum atomic E-state index is 13.3. The van der Waals surface area contributed by atoms with Crippen LogP contribution in [0.1, 0.15) is 12.1 Å². The van der Waals surface area contributed by atoms with Crippen molar-refractivity contribution in [1.29, 1.82) is 0 Å². The van der Waals surface area contributed by atoms with Crippen molar-refractivity contribution in [1.82, 2.24) is 30.0 Å². The summed E-state index contributed by atoms with van der Waals surface area (Å²) in [7, 11) is 0. The molecule has 6 N–H and O–H groups in total. The van der Waals surface area contributed by atoms with Crippen LogP contribution in [-0.4, -0.2) is 152 Å². The van der Waals surface area contributed by atoms with E-state index in [1.54, 1.807) is 24.3 Å². The van der Waals surface area contributed by atoms with Crippen LogP contribution in [0.2, 0.25) is 0 Å². The average Bonchev–Trinajstić information content (AvgIpc) is 3.73. The van der Waals surface area contributed by atoms with Crippen LogP contribution in [0.3, 0.4) is 0 Å². The molecular weight excluding hydrogens is 744 g/mol. The van der Waals surface area contributed by atoms with Crippen molar-refractivity contribution < 1.29 is 48.9 Å². The van der Waals surface area contributed by atoms with E-state index in [1.165, 1.54) is 46.0 Å². The third-order valence-corrected chi connectivity index (χ3v) is 9.40. The Bertz CT molecular complexity index is 1490. The summed E-state index contributed by atoms with van der Waals surface area (Å²) in [5.74, 6) is -0.788. The molecule has 0 aliphatic carbocycles. The minimum atomic E-state index is -1.16. The van der Waals surface area contributed by atoms with Crippen molar-refractivity contribution in [2.24, 2.45) is 0 Å². The number of rotatable bonds is 6. The van der Waals surface area contributed by atoms with Gasteiger partial charge in [-0.25, -0.2) is 0 Å². The fourth-order valence-electron chi connectivity index (χ4n) is 5.19. The summed E-state index contributed by atoms with van der Waals surface area (Å²) >= 11 is 4.30. The molecule has 0 spiro atoms. The summed E-state index contributed by atoms with van der Waals surface area (Å²) in [5, 5.41) is 74.2. The molecule has 10 atom stereocenters. The SMILES string of the molecule is OC[C@H]1O[C@@H]([SeH])[C@H](O)[C@@H](n2cc(-c3cccc(F)c3)nn2)[C@H]1O.OC[C@H]1O[C@@H]([SeH])[C@H](O)[C@@H](n2cc(-c3cccc(F)c3)nn2)[C@H]1O. The van der Waals surface area contributed by atoms with Crippen LogP contribution in [0.25, 0.3) is 22.5 Å². The Balaban J connectivity index is 0.000000181. The van der Waals surface area contributed by atoms with Gasteiger partial charge in [0.15, 0.2) is 0 Å². The predicted molar refractivity (Wildman–Crippen MR) is 159 cm³/mol. The van der Waals surface area contributed by atoms with Gasteiger partial charge >= 0.3 is 278 Å². The first-order valence-electron chi connectivity index (χ1n) is 14.0. The molecule has 2 fully saturated rings. The Kier molecular flexibility index (Phi) is 11.3. The molecule has 2 saturated heterocycles. The molecule has 2 aliphatic rings. The topological polar surface area (TPSA) is 201 Å². The molecule has 0 radical (unpaired) electrons. The van der Waals surface area contributed by atoms with Crippen molar-refractivity contribution >= 4 is 32.0 Å². The molecule has 4 aromatic rings. The number of benzene rings is 2. The van der Waals surface area contributed by atoms with E-state index in [0.717, 1.165) is 0 Å². The Morgan fingerprint density at radius 3 is 1.39 bits per heavy atom. The molecule has 46 heavy (non-hydrogen) atoms. The molecule has 2 aromatic heterocycles. The number of halogens is 2. The fourth-order valence-corrected chi connectivity index (χ4v) is 6.59. The normalized spacial score (nSPS) is 31.3. The Morgan fingerprint density at radius 2 is 1.04 bits per heavy atom. The number of aromatic nitrogens is 6. The average molecular weight is 777 g/mol. The summed E-state index contributed by atoms with van der Waals surface area (Å²) in [4.78, 5) is 0. The number of ether oxygens (including phenoxy) is 2. The van der Waals surface area contributed by atoms with Crippen molar-refractivity contribution in [2.45, 2.75) is 58.7 Å². The number of aliphatic hydroxyl groups is 6. The summed E-state index contributed by atoms with van der Waals surface area (Å²) < 4.78 is 39.9. The molecule has 2 aromatic carbocycles. The molecule has 6 rings (SSSR count). The second-order valence-electron chi connectivity index (χ2n) is 10.6. The van der Waals surface area contributed by atoms with Crippen molar-refractivity contribution in [3.8, 4) is 22.5 Å². The second-order valence-corrected chi connectivity index (χ2v) is 12.8. The molecule has 2 aliphatic heterocycles. The fraction of sp³-hybridized carbons (Fsp3) is 0.429. The van der Waals surface area contributed by atoms with Crippen LogP contribution >= 0.6 is 0 Å². The van der Waals surface area contributed by atoms with Crippen LogP contribution in [0, 0.1) is 11.6 Å². The van der Waals surface area contributed by atoms with Crippen LogP contribution < -0.4 is 0 Å². The molecule has 0 unspecified atom stereocenters. The van der Waals surface area contributed by atoms with E-state index in [0.29, 0.717) is 22.5 Å². The van der Waals surface area contributed by atoms with Gasteiger partial charge in [-0.2, -0.15) is 0 Å². The number of aliphatic hydroxyl groups excluding tert-OH is 6. The van der Waals surface area contributed by atoms with Crippen molar-refractivity contribution in [3.63, 3.8) is 0 Å². The van der Waals surface area contributed by atoms with E-state index in [1.807, 2.05) is 0 Å². The summed E-state index contributed by atoms with van der Waals surface area (Å²) in [6.45, 7) is -0.770. The van der Waals surface area contributed by atoms with E-state index >= 15 is 0 Å². The Morgan fingerprint density at radius 1 is 0.652 bits per heavy atom. The molecule has 0 saturated carbocycles. The molecule has 14 nitrogen and oxygen atoms in total. The first-order valence-corrected chi connectivity index (χ1v) is 16.2. The Hall–Kier alpha value is -2.70. The van der Waals surface area contributed by atoms with Gasteiger partial charge in [0.2, 0.25) is 0 Å². The number of hydrogen-bond acceptors (Lipinski definition) is 12. The van der Waals surface area contributed by atoms with Gasteiger partial charge in [0.05, 0.1) is 0 Å².